The highest BCUT2D eigenvalue weighted by molar-refractivity contribution is 5.93. The summed E-state index contributed by atoms with van der Waals surface area (Å²) >= 11 is 0. The van der Waals surface area contributed by atoms with Crippen molar-refractivity contribution >= 4 is 11.8 Å². The van der Waals surface area contributed by atoms with Crippen LogP contribution in [0.4, 0.5) is 0 Å². The van der Waals surface area contributed by atoms with Gasteiger partial charge >= 0.3 is 0 Å². The van der Waals surface area contributed by atoms with Gasteiger partial charge in [0.05, 0.1) is 18.3 Å². The van der Waals surface area contributed by atoms with Crippen LogP contribution in [-0.2, 0) is 11.8 Å². The van der Waals surface area contributed by atoms with E-state index in [0.717, 1.165) is 52.0 Å². The third-order valence-corrected chi connectivity index (χ3v) is 4.65. The minimum absolute atomic E-state index is 0.0332. The minimum atomic E-state index is 0.0332. The summed E-state index contributed by atoms with van der Waals surface area (Å²) in [6.07, 6.45) is 6.52. The Morgan fingerprint density at radius 3 is 2.43 bits per heavy atom. The molecule has 2 aliphatic heterocycles. The maximum Gasteiger partial charge on any atom is 0.257 e. The van der Waals surface area contributed by atoms with E-state index >= 15 is 0 Å². The lowest BCUT2D eigenvalue weighted by molar-refractivity contribution is -0.131. The van der Waals surface area contributed by atoms with Crippen LogP contribution < -0.4 is 0 Å². The van der Waals surface area contributed by atoms with Crippen LogP contribution in [0.1, 0.15) is 29.6 Å². The van der Waals surface area contributed by atoms with E-state index < -0.39 is 0 Å². The Labute approximate surface area is 136 Å². The molecule has 2 amide bonds. The van der Waals surface area contributed by atoms with Crippen molar-refractivity contribution in [2.24, 2.45) is 7.05 Å². The molecule has 7 nitrogen and oxygen atoms in total. The lowest BCUT2D eigenvalue weighted by Gasteiger charge is -2.23. The molecule has 0 aliphatic carbocycles. The van der Waals surface area contributed by atoms with Gasteiger partial charge in [0.1, 0.15) is 0 Å². The first kappa shape index (κ1) is 16.0. The summed E-state index contributed by atoms with van der Waals surface area (Å²) in [4.78, 5) is 30.8. The van der Waals surface area contributed by atoms with Gasteiger partial charge in [-0.05, 0) is 19.3 Å². The van der Waals surface area contributed by atoms with E-state index in [1.54, 1.807) is 17.1 Å². The second kappa shape index (κ2) is 7.12. The Balaban J connectivity index is 1.52. The van der Waals surface area contributed by atoms with Crippen LogP contribution in [0.5, 0.6) is 0 Å². The van der Waals surface area contributed by atoms with E-state index in [9.17, 15) is 9.59 Å². The summed E-state index contributed by atoms with van der Waals surface area (Å²) in [6.45, 7) is 5.32. The highest BCUT2D eigenvalue weighted by Crippen LogP contribution is 2.11. The number of rotatable bonds is 3. The molecule has 23 heavy (non-hydrogen) atoms. The van der Waals surface area contributed by atoms with E-state index in [1.165, 1.54) is 0 Å². The van der Waals surface area contributed by atoms with E-state index in [1.807, 2.05) is 16.8 Å². The summed E-state index contributed by atoms with van der Waals surface area (Å²) in [7, 11) is 1.81. The Hall–Kier alpha value is -1.89. The molecule has 0 unspecified atom stereocenters. The van der Waals surface area contributed by atoms with Crippen LogP contribution in [0.25, 0.3) is 0 Å². The highest BCUT2D eigenvalue weighted by atomic mass is 16.2. The molecule has 0 atom stereocenters. The van der Waals surface area contributed by atoms with Gasteiger partial charge < -0.3 is 9.80 Å². The Morgan fingerprint density at radius 1 is 1.00 bits per heavy atom. The van der Waals surface area contributed by atoms with E-state index in [-0.39, 0.29) is 11.8 Å². The molecule has 1 aromatic rings. The molecule has 0 bridgehead atoms. The van der Waals surface area contributed by atoms with Crippen LogP contribution in [0, 0.1) is 0 Å². The zero-order valence-electron chi connectivity index (χ0n) is 13.8. The van der Waals surface area contributed by atoms with Crippen molar-refractivity contribution in [2.45, 2.75) is 19.3 Å². The lowest BCUT2D eigenvalue weighted by Crippen LogP contribution is -2.41. The number of aryl methyl sites for hydroxylation is 1. The fourth-order valence-electron chi connectivity index (χ4n) is 3.30. The standard InChI is InChI=1S/C16H25N5O2/c1-18-12-14(11-17-18)16(23)21-8-4-5-19(9-10-21)13-15(22)20-6-2-3-7-20/h11-12H,2-10,13H2,1H3. The molecule has 2 saturated heterocycles. The number of hydrogen-bond donors (Lipinski definition) is 0. The van der Waals surface area contributed by atoms with Crippen LogP contribution in [0.15, 0.2) is 12.4 Å². The number of aromatic nitrogens is 2. The fraction of sp³-hybridized carbons (Fsp3) is 0.688. The number of likely N-dealkylation sites (tertiary alicyclic amines) is 1. The zero-order chi connectivity index (χ0) is 16.2. The second-order valence-corrected chi connectivity index (χ2v) is 6.41. The average molecular weight is 319 g/mol. The van der Waals surface area contributed by atoms with Gasteiger partial charge in [-0.1, -0.05) is 0 Å². The SMILES string of the molecule is Cn1cc(C(=O)N2CCCN(CC(=O)N3CCCC3)CC2)cn1. The van der Waals surface area contributed by atoms with Crippen LogP contribution in [0.2, 0.25) is 0 Å². The van der Waals surface area contributed by atoms with E-state index in [2.05, 4.69) is 10.00 Å². The molecule has 2 aliphatic rings. The molecule has 3 rings (SSSR count). The van der Waals surface area contributed by atoms with E-state index in [0.29, 0.717) is 18.7 Å². The number of amides is 2. The smallest absolute Gasteiger partial charge is 0.257 e. The summed E-state index contributed by atoms with van der Waals surface area (Å²) < 4.78 is 1.64. The van der Waals surface area contributed by atoms with Crippen molar-refractivity contribution < 1.29 is 9.59 Å². The van der Waals surface area contributed by atoms with Crippen LogP contribution >= 0.6 is 0 Å². The molecule has 126 valence electrons. The normalized spacial score (nSPS) is 19.9. The van der Waals surface area contributed by atoms with Crippen molar-refractivity contribution in [3.63, 3.8) is 0 Å². The first-order valence-electron chi connectivity index (χ1n) is 8.41. The number of carbonyl (C=O) groups is 2. The minimum Gasteiger partial charge on any atom is -0.342 e. The van der Waals surface area contributed by atoms with Crippen molar-refractivity contribution in [3.05, 3.63) is 18.0 Å². The van der Waals surface area contributed by atoms with Crippen molar-refractivity contribution in [1.82, 2.24) is 24.5 Å². The summed E-state index contributed by atoms with van der Waals surface area (Å²) in [5, 5.41) is 4.06. The van der Waals surface area contributed by atoms with Gasteiger partial charge in [-0.3, -0.25) is 19.2 Å². The van der Waals surface area contributed by atoms with Crippen molar-refractivity contribution in [2.75, 3.05) is 45.8 Å². The topological polar surface area (TPSA) is 61.7 Å². The van der Waals surface area contributed by atoms with Crippen molar-refractivity contribution in [3.8, 4) is 0 Å². The number of nitrogens with zero attached hydrogens (tertiary/aromatic N) is 5. The molecular formula is C16H25N5O2. The molecular weight excluding hydrogens is 294 g/mol. The highest BCUT2D eigenvalue weighted by Gasteiger charge is 2.24. The molecule has 3 heterocycles. The molecule has 0 N–H and O–H groups in total. The fourth-order valence-corrected chi connectivity index (χ4v) is 3.30. The quantitative estimate of drug-likeness (QED) is 0.798. The lowest BCUT2D eigenvalue weighted by atomic mass is 10.3. The molecule has 0 aromatic carbocycles. The van der Waals surface area contributed by atoms with Gasteiger partial charge in [-0.2, -0.15) is 5.10 Å². The van der Waals surface area contributed by atoms with Gasteiger partial charge in [0.25, 0.3) is 5.91 Å². The molecule has 0 saturated carbocycles. The molecule has 0 spiro atoms. The van der Waals surface area contributed by atoms with Gasteiger partial charge in [-0.25, -0.2) is 0 Å². The predicted molar refractivity (Wildman–Crippen MR) is 86.0 cm³/mol. The zero-order valence-corrected chi connectivity index (χ0v) is 13.8. The molecule has 2 fully saturated rings. The Morgan fingerprint density at radius 2 is 1.74 bits per heavy atom. The summed E-state index contributed by atoms with van der Waals surface area (Å²) in [5.41, 5.74) is 0.633. The Bertz CT molecular complexity index is 565. The third kappa shape index (κ3) is 3.90. The van der Waals surface area contributed by atoms with Crippen molar-refractivity contribution in [1.29, 1.82) is 0 Å². The maximum atomic E-state index is 12.5. The predicted octanol–water partition coefficient (Wildman–Crippen LogP) is 0.190. The first-order chi connectivity index (χ1) is 11.1. The second-order valence-electron chi connectivity index (χ2n) is 6.41. The van der Waals surface area contributed by atoms with Gasteiger partial charge in [0, 0.05) is 52.5 Å². The van der Waals surface area contributed by atoms with Crippen LogP contribution in [0.3, 0.4) is 0 Å². The number of carbonyl (C=O) groups excluding carboxylic acids is 2. The third-order valence-electron chi connectivity index (χ3n) is 4.65. The monoisotopic (exact) mass is 319 g/mol. The van der Waals surface area contributed by atoms with Gasteiger partial charge in [0.15, 0.2) is 0 Å². The van der Waals surface area contributed by atoms with Gasteiger partial charge in [-0.15, -0.1) is 0 Å². The Kier molecular flexibility index (Phi) is 4.95. The van der Waals surface area contributed by atoms with Gasteiger partial charge in [0.2, 0.25) is 5.91 Å². The number of hydrogen-bond acceptors (Lipinski definition) is 4. The molecule has 7 heteroatoms. The van der Waals surface area contributed by atoms with Crippen LogP contribution in [-0.4, -0.2) is 82.1 Å². The molecule has 0 radical (unpaired) electrons. The summed E-state index contributed by atoms with van der Waals surface area (Å²) in [6, 6.07) is 0. The first-order valence-corrected chi connectivity index (χ1v) is 8.41. The largest absolute Gasteiger partial charge is 0.342 e. The maximum absolute atomic E-state index is 12.5. The average Bonchev–Trinajstić information content (AvgIpc) is 3.16. The van der Waals surface area contributed by atoms with E-state index in [4.69, 9.17) is 0 Å². The summed E-state index contributed by atoms with van der Waals surface area (Å²) in [5.74, 6) is 0.264. The molecule has 1 aromatic heterocycles.